The van der Waals surface area contributed by atoms with Crippen molar-refractivity contribution in [2.45, 2.75) is 0 Å². The van der Waals surface area contributed by atoms with Gasteiger partial charge in [0, 0.05) is 15.6 Å². The van der Waals surface area contributed by atoms with Crippen LogP contribution >= 0.6 is 15.9 Å². The normalized spacial score (nSPS) is 10.3. The molecule has 3 heteroatoms. The number of furan rings is 1. The second kappa shape index (κ2) is 3.34. The van der Waals surface area contributed by atoms with E-state index in [1.54, 1.807) is 18.2 Å². The van der Waals surface area contributed by atoms with Crippen molar-refractivity contribution in [2.75, 3.05) is 0 Å². The van der Waals surface area contributed by atoms with Crippen LogP contribution in [0.2, 0.25) is 0 Å². The molecule has 0 fully saturated rings. The summed E-state index contributed by atoms with van der Waals surface area (Å²) >= 11 is 3.28. The molecule has 0 radical (unpaired) electrons. The zero-order chi connectivity index (χ0) is 9.26. The van der Waals surface area contributed by atoms with E-state index in [1.807, 2.05) is 0 Å². The third kappa shape index (κ3) is 1.65. The van der Waals surface area contributed by atoms with E-state index in [0.717, 1.165) is 10.0 Å². The molecule has 0 N–H and O–H groups in total. The zero-order valence-corrected chi connectivity index (χ0v) is 8.21. The summed E-state index contributed by atoms with van der Waals surface area (Å²) in [6.07, 6.45) is 3.04. The molecule has 13 heavy (non-hydrogen) atoms. The fraction of sp³-hybridized carbons (Fsp3) is 0. The van der Waals surface area contributed by atoms with Gasteiger partial charge in [0.25, 0.3) is 0 Å². The SMILES string of the molecule is Fc1ccc(Br)cc1-c1ccoc1. The van der Waals surface area contributed by atoms with E-state index in [2.05, 4.69) is 15.9 Å². The molecule has 0 bridgehead atoms. The van der Waals surface area contributed by atoms with E-state index in [1.165, 1.54) is 18.6 Å². The lowest BCUT2D eigenvalue weighted by Crippen LogP contribution is -1.81. The van der Waals surface area contributed by atoms with Gasteiger partial charge in [-0.2, -0.15) is 0 Å². The summed E-state index contributed by atoms with van der Waals surface area (Å²) in [5, 5.41) is 0. The van der Waals surface area contributed by atoms with Gasteiger partial charge >= 0.3 is 0 Å². The first-order chi connectivity index (χ1) is 6.27. The first-order valence-electron chi connectivity index (χ1n) is 3.75. The quantitative estimate of drug-likeness (QED) is 0.739. The van der Waals surface area contributed by atoms with Crippen LogP contribution in [0.15, 0.2) is 45.7 Å². The second-order valence-electron chi connectivity index (χ2n) is 2.64. The average Bonchev–Trinajstić information content (AvgIpc) is 2.61. The van der Waals surface area contributed by atoms with Gasteiger partial charge in [0.15, 0.2) is 0 Å². The maximum absolute atomic E-state index is 13.3. The Balaban J connectivity index is 2.57. The van der Waals surface area contributed by atoms with Crippen LogP contribution in [0.5, 0.6) is 0 Å². The molecule has 0 atom stereocenters. The highest BCUT2D eigenvalue weighted by atomic mass is 79.9. The minimum absolute atomic E-state index is 0.246. The lowest BCUT2D eigenvalue weighted by molar-refractivity contribution is 0.567. The number of hydrogen-bond donors (Lipinski definition) is 0. The van der Waals surface area contributed by atoms with Gasteiger partial charge in [0.2, 0.25) is 0 Å². The van der Waals surface area contributed by atoms with Crippen molar-refractivity contribution in [1.82, 2.24) is 0 Å². The number of halogens is 2. The van der Waals surface area contributed by atoms with Crippen molar-refractivity contribution >= 4 is 15.9 Å². The van der Waals surface area contributed by atoms with Crippen molar-refractivity contribution < 1.29 is 8.81 Å². The van der Waals surface area contributed by atoms with Crippen LogP contribution in [-0.4, -0.2) is 0 Å². The third-order valence-corrected chi connectivity index (χ3v) is 2.25. The molecule has 0 aliphatic heterocycles. The van der Waals surface area contributed by atoms with Crippen LogP contribution in [0.25, 0.3) is 11.1 Å². The molecule has 1 aromatic carbocycles. The summed E-state index contributed by atoms with van der Waals surface area (Å²) in [5.74, 6) is -0.246. The highest BCUT2D eigenvalue weighted by molar-refractivity contribution is 9.10. The van der Waals surface area contributed by atoms with E-state index in [-0.39, 0.29) is 5.82 Å². The Hall–Kier alpha value is -1.09. The van der Waals surface area contributed by atoms with Crippen molar-refractivity contribution in [3.05, 3.63) is 47.1 Å². The molecule has 0 spiro atoms. The molecule has 66 valence electrons. The third-order valence-electron chi connectivity index (χ3n) is 1.76. The maximum Gasteiger partial charge on any atom is 0.131 e. The Morgan fingerprint density at radius 1 is 1.23 bits per heavy atom. The average molecular weight is 241 g/mol. The monoisotopic (exact) mass is 240 g/mol. The van der Waals surface area contributed by atoms with E-state index in [4.69, 9.17) is 4.42 Å². The molecule has 1 nitrogen and oxygen atoms in total. The highest BCUT2D eigenvalue weighted by Crippen LogP contribution is 2.26. The van der Waals surface area contributed by atoms with Crippen LogP contribution in [0.4, 0.5) is 4.39 Å². The Morgan fingerprint density at radius 2 is 2.08 bits per heavy atom. The van der Waals surface area contributed by atoms with Crippen LogP contribution in [-0.2, 0) is 0 Å². The van der Waals surface area contributed by atoms with Gasteiger partial charge in [-0.25, -0.2) is 4.39 Å². The van der Waals surface area contributed by atoms with Crippen molar-refractivity contribution in [1.29, 1.82) is 0 Å². The zero-order valence-electron chi connectivity index (χ0n) is 6.63. The van der Waals surface area contributed by atoms with Crippen molar-refractivity contribution in [3.63, 3.8) is 0 Å². The topological polar surface area (TPSA) is 13.1 Å². The van der Waals surface area contributed by atoms with Crippen LogP contribution < -0.4 is 0 Å². The molecule has 0 saturated heterocycles. The molecule has 0 aliphatic rings. The van der Waals surface area contributed by atoms with Crippen LogP contribution in [0.1, 0.15) is 0 Å². The van der Waals surface area contributed by atoms with Gasteiger partial charge in [-0.1, -0.05) is 15.9 Å². The minimum Gasteiger partial charge on any atom is -0.472 e. The summed E-state index contributed by atoms with van der Waals surface area (Å²) in [6.45, 7) is 0. The van der Waals surface area contributed by atoms with Crippen molar-refractivity contribution in [3.8, 4) is 11.1 Å². The van der Waals surface area contributed by atoms with Gasteiger partial charge in [-0.15, -0.1) is 0 Å². The Morgan fingerprint density at radius 3 is 2.77 bits per heavy atom. The van der Waals surface area contributed by atoms with E-state index < -0.39 is 0 Å². The van der Waals surface area contributed by atoms with Crippen molar-refractivity contribution in [2.24, 2.45) is 0 Å². The van der Waals surface area contributed by atoms with E-state index in [0.29, 0.717) is 5.56 Å². The highest BCUT2D eigenvalue weighted by Gasteiger charge is 2.05. The molecular formula is C10H6BrFO. The van der Waals surface area contributed by atoms with Crippen LogP contribution in [0, 0.1) is 5.82 Å². The van der Waals surface area contributed by atoms with Gasteiger partial charge in [-0.05, 0) is 24.3 Å². The fourth-order valence-electron chi connectivity index (χ4n) is 1.14. The number of benzene rings is 1. The molecule has 2 aromatic rings. The first kappa shape index (κ1) is 8.51. The largest absolute Gasteiger partial charge is 0.472 e. The molecule has 0 unspecified atom stereocenters. The molecule has 2 rings (SSSR count). The molecule has 1 aromatic heterocycles. The van der Waals surface area contributed by atoms with Gasteiger partial charge < -0.3 is 4.42 Å². The predicted molar refractivity (Wildman–Crippen MR) is 51.8 cm³/mol. The Bertz CT molecular complexity index is 409. The molecule has 0 aliphatic carbocycles. The van der Waals surface area contributed by atoms with E-state index in [9.17, 15) is 4.39 Å². The molecule has 1 heterocycles. The summed E-state index contributed by atoms with van der Waals surface area (Å²) < 4.78 is 19.0. The Labute approximate surface area is 83.3 Å². The van der Waals surface area contributed by atoms with Gasteiger partial charge in [0.05, 0.1) is 12.5 Å². The lowest BCUT2D eigenvalue weighted by atomic mass is 10.1. The predicted octanol–water partition coefficient (Wildman–Crippen LogP) is 3.85. The summed E-state index contributed by atoms with van der Waals surface area (Å²) in [6, 6.07) is 6.54. The number of hydrogen-bond acceptors (Lipinski definition) is 1. The standard InChI is InChI=1S/C10H6BrFO/c11-8-1-2-10(12)9(5-8)7-3-4-13-6-7/h1-6H. The van der Waals surface area contributed by atoms with Crippen LogP contribution in [0.3, 0.4) is 0 Å². The summed E-state index contributed by atoms with van der Waals surface area (Å²) in [5.41, 5.74) is 1.29. The summed E-state index contributed by atoms with van der Waals surface area (Å²) in [7, 11) is 0. The number of rotatable bonds is 1. The second-order valence-corrected chi connectivity index (χ2v) is 3.55. The maximum atomic E-state index is 13.3. The first-order valence-corrected chi connectivity index (χ1v) is 4.54. The molecular weight excluding hydrogens is 235 g/mol. The lowest BCUT2D eigenvalue weighted by Gasteiger charge is -1.99. The fourth-order valence-corrected chi connectivity index (χ4v) is 1.50. The molecule has 0 amide bonds. The van der Waals surface area contributed by atoms with Gasteiger partial charge in [-0.3, -0.25) is 0 Å². The Kier molecular flexibility index (Phi) is 2.19. The smallest absolute Gasteiger partial charge is 0.131 e. The summed E-state index contributed by atoms with van der Waals surface area (Å²) in [4.78, 5) is 0. The van der Waals surface area contributed by atoms with Gasteiger partial charge in [0.1, 0.15) is 5.82 Å². The molecule has 0 saturated carbocycles. The van der Waals surface area contributed by atoms with E-state index >= 15 is 0 Å². The minimum atomic E-state index is -0.246.